The van der Waals surface area contributed by atoms with Gasteiger partial charge < -0.3 is 4.74 Å². The summed E-state index contributed by atoms with van der Waals surface area (Å²) in [6, 6.07) is 5.27. The summed E-state index contributed by atoms with van der Waals surface area (Å²) in [6.07, 6.45) is 1.33. The van der Waals surface area contributed by atoms with Crippen molar-refractivity contribution in [3.8, 4) is 0 Å². The maximum absolute atomic E-state index is 11.7. The number of esters is 1. The van der Waals surface area contributed by atoms with Gasteiger partial charge in [-0.05, 0) is 18.2 Å². The second kappa shape index (κ2) is 4.93. The predicted molar refractivity (Wildman–Crippen MR) is 78.3 cm³/mol. The number of carbonyl (C=O) groups excluding carboxylic acids is 1. The Morgan fingerprint density at radius 1 is 1.38 bits per heavy atom. The van der Waals surface area contributed by atoms with Gasteiger partial charge in [-0.25, -0.2) is 9.78 Å². The normalized spacial score (nSPS) is 16.8. The van der Waals surface area contributed by atoms with Gasteiger partial charge in [-0.15, -0.1) is 15.7 Å². The van der Waals surface area contributed by atoms with Crippen molar-refractivity contribution in [3.05, 3.63) is 41.0 Å². The van der Waals surface area contributed by atoms with Crippen LogP contribution in [0, 0.1) is 0 Å². The number of carbonyl (C=O) groups is 1. The molecule has 2 heterocycles. The highest BCUT2D eigenvalue weighted by atomic mass is 32.2. The number of benzene rings is 1. The van der Waals surface area contributed by atoms with E-state index in [0.717, 1.165) is 10.2 Å². The van der Waals surface area contributed by atoms with E-state index in [2.05, 4.69) is 14.1 Å². The zero-order chi connectivity index (χ0) is 15.0. The number of fused-ring (bicyclic) bond motifs is 1. The fraction of sp³-hybridized carbons (Fsp3) is 0.0833. The number of allylic oxidation sites excluding steroid dienone is 1. The van der Waals surface area contributed by atoms with Crippen molar-refractivity contribution in [1.29, 1.82) is 0 Å². The highest BCUT2D eigenvalue weighted by Gasteiger charge is 2.24. The summed E-state index contributed by atoms with van der Waals surface area (Å²) in [4.78, 5) is 15.7. The summed E-state index contributed by atoms with van der Waals surface area (Å²) in [7, 11) is -2.80. The molecule has 0 fully saturated rings. The van der Waals surface area contributed by atoms with Crippen molar-refractivity contribution in [3.63, 3.8) is 0 Å². The van der Waals surface area contributed by atoms with Gasteiger partial charge in [0, 0.05) is 5.56 Å². The molecule has 0 saturated carbocycles. The molecule has 3 rings (SSSR count). The maximum Gasteiger partial charge on any atom is 0.355 e. The lowest BCUT2D eigenvalue weighted by atomic mass is 10.1. The number of hydrogen-bond acceptors (Lipinski definition) is 6. The van der Waals surface area contributed by atoms with Gasteiger partial charge in [-0.1, -0.05) is 6.07 Å². The van der Waals surface area contributed by atoms with Crippen molar-refractivity contribution in [1.82, 2.24) is 9.71 Å². The summed E-state index contributed by atoms with van der Waals surface area (Å²) >= 11 is 1.48. The molecule has 7 nitrogen and oxygen atoms in total. The van der Waals surface area contributed by atoms with E-state index < -0.39 is 16.2 Å². The van der Waals surface area contributed by atoms with Crippen molar-refractivity contribution in [2.45, 2.75) is 0 Å². The summed E-state index contributed by atoms with van der Waals surface area (Å²) < 4.78 is 34.6. The topological polar surface area (TPSA) is 97.7 Å². The number of hydrogen-bond donors (Lipinski definition) is 1. The molecule has 1 aromatic carbocycles. The van der Waals surface area contributed by atoms with Crippen LogP contribution in [0.25, 0.3) is 10.2 Å². The lowest BCUT2D eigenvalue weighted by Crippen LogP contribution is -2.31. The zero-order valence-electron chi connectivity index (χ0n) is 10.7. The Balaban J connectivity index is 2.12. The third kappa shape index (κ3) is 2.65. The molecule has 0 unspecified atom stereocenters. The van der Waals surface area contributed by atoms with E-state index in [1.54, 1.807) is 17.6 Å². The SMILES string of the molecule is COC(=O)C1=CC(c2ccc3scnc3c2)=NS(=O)(=O)N1. The van der Waals surface area contributed by atoms with Crippen LogP contribution in [0.4, 0.5) is 0 Å². The Bertz CT molecular complexity index is 896. The Morgan fingerprint density at radius 3 is 2.95 bits per heavy atom. The molecular formula is C12H9N3O4S2. The summed E-state index contributed by atoms with van der Waals surface area (Å²) in [5.74, 6) is -0.777. The fourth-order valence-corrected chi connectivity index (χ4v) is 3.39. The lowest BCUT2D eigenvalue weighted by Gasteiger charge is -2.13. The maximum atomic E-state index is 11.7. The first kappa shape index (κ1) is 13.7. The van der Waals surface area contributed by atoms with Gasteiger partial charge in [0.1, 0.15) is 5.70 Å². The van der Waals surface area contributed by atoms with Gasteiger partial charge in [0.2, 0.25) is 0 Å². The van der Waals surface area contributed by atoms with Crippen LogP contribution in [0.1, 0.15) is 5.56 Å². The first-order valence-electron chi connectivity index (χ1n) is 5.75. The number of methoxy groups -OCH3 is 1. The van der Waals surface area contributed by atoms with Crippen LogP contribution in [-0.2, 0) is 19.7 Å². The minimum Gasteiger partial charge on any atom is -0.464 e. The average molecular weight is 323 g/mol. The van der Waals surface area contributed by atoms with E-state index in [-0.39, 0.29) is 11.4 Å². The predicted octanol–water partition coefficient (Wildman–Crippen LogP) is 0.990. The van der Waals surface area contributed by atoms with Crippen molar-refractivity contribution in [2.75, 3.05) is 7.11 Å². The number of rotatable bonds is 2. The van der Waals surface area contributed by atoms with Crippen LogP contribution in [-0.4, -0.2) is 32.2 Å². The van der Waals surface area contributed by atoms with Crippen LogP contribution >= 0.6 is 11.3 Å². The first-order valence-corrected chi connectivity index (χ1v) is 8.07. The van der Waals surface area contributed by atoms with Crippen LogP contribution in [0.15, 0.2) is 39.9 Å². The molecule has 1 aliphatic rings. The molecule has 0 saturated heterocycles. The van der Waals surface area contributed by atoms with E-state index in [0.29, 0.717) is 5.56 Å². The monoisotopic (exact) mass is 323 g/mol. The van der Waals surface area contributed by atoms with E-state index in [1.807, 2.05) is 10.8 Å². The third-order valence-corrected chi connectivity index (χ3v) is 4.49. The first-order chi connectivity index (χ1) is 9.98. The summed E-state index contributed by atoms with van der Waals surface area (Å²) in [6.45, 7) is 0. The summed E-state index contributed by atoms with van der Waals surface area (Å²) in [5, 5.41) is 0. The quantitative estimate of drug-likeness (QED) is 0.831. The second-order valence-corrected chi connectivity index (χ2v) is 6.36. The number of ether oxygens (including phenoxy) is 1. The Labute approximate surface area is 124 Å². The second-order valence-electron chi connectivity index (χ2n) is 4.14. The fourth-order valence-electron chi connectivity index (χ4n) is 1.85. The molecular weight excluding hydrogens is 314 g/mol. The van der Waals surface area contributed by atoms with E-state index in [1.165, 1.54) is 24.5 Å². The lowest BCUT2D eigenvalue weighted by molar-refractivity contribution is -0.136. The zero-order valence-corrected chi connectivity index (χ0v) is 12.4. The van der Waals surface area contributed by atoms with Crippen molar-refractivity contribution < 1.29 is 17.9 Å². The minimum absolute atomic E-state index is 0.157. The molecule has 0 aliphatic carbocycles. The minimum atomic E-state index is -3.97. The van der Waals surface area contributed by atoms with Gasteiger partial charge in [0.15, 0.2) is 0 Å². The number of nitrogens with zero attached hydrogens (tertiary/aromatic N) is 2. The number of thiazole rings is 1. The van der Waals surface area contributed by atoms with Crippen LogP contribution in [0.3, 0.4) is 0 Å². The molecule has 0 bridgehead atoms. The van der Waals surface area contributed by atoms with Crippen molar-refractivity contribution in [2.24, 2.45) is 4.40 Å². The van der Waals surface area contributed by atoms with Gasteiger partial charge in [-0.3, -0.25) is 4.72 Å². The molecule has 21 heavy (non-hydrogen) atoms. The standard InChI is InChI=1S/C12H9N3O4S2/c1-19-12(16)10-5-8(14-21(17,18)15-10)7-2-3-11-9(4-7)13-6-20-11/h2-6,15H,1H3. The molecule has 1 aliphatic heterocycles. The molecule has 108 valence electrons. The Kier molecular flexibility index (Phi) is 3.22. The van der Waals surface area contributed by atoms with Crippen LogP contribution < -0.4 is 4.72 Å². The molecule has 0 atom stereocenters. The Hall–Kier alpha value is -2.26. The van der Waals surface area contributed by atoms with Gasteiger partial charge >= 0.3 is 16.2 Å². The Morgan fingerprint density at radius 2 is 2.19 bits per heavy atom. The number of nitrogens with one attached hydrogen (secondary N) is 1. The largest absolute Gasteiger partial charge is 0.464 e. The molecule has 2 aromatic rings. The molecule has 0 spiro atoms. The van der Waals surface area contributed by atoms with Gasteiger partial charge in [0.05, 0.1) is 28.5 Å². The number of aromatic nitrogens is 1. The molecule has 9 heteroatoms. The van der Waals surface area contributed by atoms with Crippen LogP contribution in [0.2, 0.25) is 0 Å². The molecule has 0 radical (unpaired) electrons. The highest BCUT2D eigenvalue weighted by Crippen LogP contribution is 2.21. The van der Waals surface area contributed by atoms with E-state index >= 15 is 0 Å². The van der Waals surface area contributed by atoms with E-state index in [4.69, 9.17) is 0 Å². The molecule has 0 amide bonds. The molecule has 1 N–H and O–H groups in total. The highest BCUT2D eigenvalue weighted by molar-refractivity contribution is 7.88. The van der Waals surface area contributed by atoms with Gasteiger partial charge in [-0.2, -0.15) is 8.42 Å². The molecule has 1 aromatic heterocycles. The summed E-state index contributed by atoms with van der Waals surface area (Å²) in [5.41, 5.74) is 2.97. The van der Waals surface area contributed by atoms with Gasteiger partial charge in [0.25, 0.3) is 0 Å². The van der Waals surface area contributed by atoms with E-state index in [9.17, 15) is 13.2 Å². The average Bonchev–Trinajstić information content (AvgIpc) is 2.92. The third-order valence-electron chi connectivity index (χ3n) is 2.77. The smallest absolute Gasteiger partial charge is 0.355 e. The van der Waals surface area contributed by atoms with Crippen LogP contribution in [0.5, 0.6) is 0 Å². The van der Waals surface area contributed by atoms with Crippen molar-refractivity contribution >= 4 is 43.4 Å².